The van der Waals surface area contributed by atoms with Gasteiger partial charge >= 0.3 is 5.97 Å². The zero-order chi connectivity index (χ0) is 15.6. The molecular weight excluding hydrogens is 314 g/mol. The second-order valence-electron chi connectivity index (χ2n) is 5.37. The molecule has 0 heterocycles. The third kappa shape index (κ3) is 3.75. The van der Waals surface area contributed by atoms with E-state index in [0.717, 1.165) is 0 Å². The predicted octanol–water partition coefficient (Wildman–Crippen LogP) is 2.57. The number of nitrogens with one attached hydrogen (secondary N) is 1. The van der Waals surface area contributed by atoms with Crippen molar-refractivity contribution >= 4 is 27.6 Å². The van der Waals surface area contributed by atoms with E-state index in [1.807, 2.05) is 0 Å². The molecule has 1 saturated carbocycles. The van der Waals surface area contributed by atoms with Crippen molar-refractivity contribution in [1.29, 1.82) is 0 Å². The first kappa shape index (κ1) is 16.3. The minimum Gasteiger partial charge on any atom is -0.481 e. The molecule has 1 aromatic rings. The van der Waals surface area contributed by atoms with Crippen molar-refractivity contribution < 1.29 is 18.3 Å². The van der Waals surface area contributed by atoms with E-state index in [4.69, 9.17) is 16.7 Å². The summed E-state index contributed by atoms with van der Waals surface area (Å²) in [5.41, 5.74) is 0.519. The van der Waals surface area contributed by atoms with Crippen LogP contribution in [0.15, 0.2) is 23.1 Å². The number of benzene rings is 1. The van der Waals surface area contributed by atoms with Crippen LogP contribution in [0.2, 0.25) is 5.02 Å². The Balaban J connectivity index is 2.09. The summed E-state index contributed by atoms with van der Waals surface area (Å²) in [4.78, 5) is 11.1. The lowest BCUT2D eigenvalue weighted by molar-refractivity contribution is -0.142. The summed E-state index contributed by atoms with van der Waals surface area (Å²) in [7, 11) is -3.63. The Kier molecular flexibility index (Phi) is 4.91. The maximum absolute atomic E-state index is 12.4. The molecule has 0 bridgehead atoms. The normalized spacial score (nSPS) is 23.0. The Morgan fingerprint density at radius 3 is 2.48 bits per heavy atom. The summed E-state index contributed by atoms with van der Waals surface area (Å²) >= 11 is 5.96. The van der Waals surface area contributed by atoms with Crippen LogP contribution < -0.4 is 4.72 Å². The predicted molar refractivity (Wildman–Crippen MR) is 79.9 cm³/mol. The van der Waals surface area contributed by atoms with Crippen molar-refractivity contribution in [2.45, 2.75) is 43.5 Å². The molecule has 0 aromatic heterocycles. The molecule has 0 unspecified atom stereocenters. The fourth-order valence-electron chi connectivity index (χ4n) is 2.62. The molecule has 21 heavy (non-hydrogen) atoms. The summed E-state index contributed by atoms with van der Waals surface area (Å²) in [6, 6.07) is 4.55. The molecule has 1 aliphatic carbocycles. The van der Waals surface area contributed by atoms with Gasteiger partial charge in [0.05, 0.1) is 10.8 Å². The molecule has 2 rings (SSSR count). The van der Waals surface area contributed by atoms with E-state index in [1.165, 1.54) is 6.07 Å². The lowest BCUT2D eigenvalue weighted by atomic mass is 9.87. The average Bonchev–Trinajstić information content (AvgIpc) is 2.41. The van der Waals surface area contributed by atoms with Crippen LogP contribution >= 0.6 is 11.6 Å². The van der Waals surface area contributed by atoms with Crippen LogP contribution in [0.4, 0.5) is 0 Å². The number of carbonyl (C=O) groups is 1. The number of aliphatic carboxylic acids is 1. The van der Waals surface area contributed by atoms with Gasteiger partial charge in [-0.05, 0) is 50.3 Å². The fourth-order valence-corrected chi connectivity index (χ4v) is 4.42. The summed E-state index contributed by atoms with van der Waals surface area (Å²) in [5.74, 6) is -1.17. The van der Waals surface area contributed by atoms with Crippen molar-refractivity contribution in [3.63, 3.8) is 0 Å². The summed E-state index contributed by atoms with van der Waals surface area (Å²) in [6.07, 6.45) is 2.07. The van der Waals surface area contributed by atoms with Crippen molar-refractivity contribution in [3.05, 3.63) is 28.8 Å². The van der Waals surface area contributed by atoms with E-state index in [9.17, 15) is 13.2 Å². The van der Waals surface area contributed by atoms with Gasteiger partial charge in [0.2, 0.25) is 10.0 Å². The molecule has 0 atom stereocenters. The van der Waals surface area contributed by atoms with Gasteiger partial charge in [-0.1, -0.05) is 17.7 Å². The van der Waals surface area contributed by atoms with Crippen LogP contribution in [0, 0.1) is 12.8 Å². The molecule has 0 saturated heterocycles. The molecule has 0 aliphatic heterocycles. The summed E-state index contributed by atoms with van der Waals surface area (Å²) in [5, 5.41) is 9.36. The zero-order valence-corrected chi connectivity index (χ0v) is 13.2. The maximum atomic E-state index is 12.4. The smallest absolute Gasteiger partial charge is 0.306 e. The highest BCUT2D eigenvalue weighted by Gasteiger charge is 2.29. The number of rotatable bonds is 4. The molecule has 1 aliphatic rings. The van der Waals surface area contributed by atoms with Crippen molar-refractivity contribution in [2.75, 3.05) is 0 Å². The zero-order valence-electron chi connectivity index (χ0n) is 11.7. The Morgan fingerprint density at radius 1 is 1.29 bits per heavy atom. The number of sulfonamides is 1. The number of hydrogen-bond acceptors (Lipinski definition) is 3. The molecule has 1 aromatic carbocycles. The quantitative estimate of drug-likeness (QED) is 0.888. The number of halogens is 1. The van der Waals surface area contributed by atoms with E-state index < -0.39 is 16.0 Å². The SMILES string of the molecule is Cc1c(Cl)cccc1S(=O)(=O)NC1CCC(C(=O)O)CC1. The van der Waals surface area contributed by atoms with E-state index >= 15 is 0 Å². The van der Waals surface area contributed by atoms with Gasteiger partial charge in [0.15, 0.2) is 0 Å². The fraction of sp³-hybridized carbons (Fsp3) is 0.500. The third-order valence-corrected chi connectivity index (χ3v) is 5.98. The Labute approximate surface area is 129 Å². The van der Waals surface area contributed by atoms with Gasteiger partial charge < -0.3 is 5.11 Å². The van der Waals surface area contributed by atoms with Crippen LogP contribution in [0.5, 0.6) is 0 Å². The van der Waals surface area contributed by atoms with Gasteiger partial charge in [0.1, 0.15) is 0 Å². The Morgan fingerprint density at radius 2 is 1.90 bits per heavy atom. The van der Waals surface area contributed by atoms with Crippen LogP contribution in [0.3, 0.4) is 0 Å². The average molecular weight is 332 g/mol. The largest absolute Gasteiger partial charge is 0.481 e. The van der Waals surface area contributed by atoms with E-state index in [0.29, 0.717) is 36.3 Å². The van der Waals surface area contributed by atoms with Crippen molar-refractivity contribution in [1.82, 2.24) is 4.72 Å². The number of carboxylic acid groups (broad SMARTS) is 1. The minimum atomic E-state index is -3.63. The molecule has 7 heteroatoms. The van der Waals surface area contributed by atoms with E-state index in [1.54, 1.807) is 19.1 Å². The lowest BCUT2D eigenvalue weighted by Gasteiger charge is -2.26. The van der Waals surface area contributed by atoms with Crippen LogP contribution in [0.25, 0.3) is 0 Å². The van der Waals surface area contributed by atoms with Gasteiger partial charge in [-0.3, -0.25) is 4.79 Å². The van der Waals surface area contributed by atoms with Crippen LogP contribution in [0.1, 0.15) is 31.2 Å². The van der Waals surface area contributed by atoms with Crippen molar-refractivity contribution in [2.24, 2.45) is 5.92 Å². The van der Waals surface area contributed by atoms with Gasteiger partial charge in [-0.2, -0.15) is 0 Å². The first-order valence-electron chi connectivity index (χ1n) is 6.81. The minimum absolute atomic E-state index is 0.176. The highest BCUT2D eigenvalue weighted by atomic mass is 35.5. The molecule has 0 radical (unpaired) electrons. The number of carboxylic acids is 1. The van der Waals surface area contributed by atoms with E-state index in [2.05, 4.69) is 4.72 Å². The van der Waals surface area contributed by atoms with Crippen LogP contribution in [-0.2, 0) is 14.8 Å². The molecule has 0 spiro atoms. The Bertz CT molecular complexity index is 636. The molecule has 116 valence electrons. The summed E-state index contributed by atoms with van der Waals surface area (Å²) in [6.45, 7) is 1.66. The number of hydrogen-bond donors (Lipinski definition) is 2. The molecular formula is C14H18ClNO4S. The second-order valence-corrected chi connectivity index (χ2v) is 7.46. The topological polar surface area (TPSA) is 83.5 Å². The first-order valence-corrected chi connectivity index (χ1v) is 8.67. The van der Waals surface area contributed by atoms with E-state index in [-0.39, 0.29) is 16.9 Å². The Hall–Kier alpha value is -1.11. The van der Waals surface area contributed by atoms with Gasteiger partial charge in [0, 0.05) is 11.1 Å². The second kappa shape index (κ2) is 6.34. The molecule has 5 nitrogen and oxygen atoms in total. The third-order valence-electron chi connectivity index (χ3n) is 3.91. The first-order chi connectivity index (χ1) is 9.81. The van der Waals surface area contributed by atoms with Gasteiger partial charge in [0.25, 0.3) is 0 Å². The van der Waals surface area contributed by atoms with Crippen LogP contribution in [-0.4, -0.2) is 25.5 Å². The van der Waals surface area contributed by atoms with Gasteiger partial charge in [-0.25, -0.2) is 13.1 Å². The molecule has 0 amide bonds. The van der Waals surface area contributed by atoms with Gasteiger partial charge in [-0.15, -0.1) is 0 Å². The highest BCUT2D eigenvalue weighted by Crippen LogP contribution is 2.27. The standard InChI is InChI=1S/C14H18ClNO4S/c1-9-12(15)3-2-4-13(9)21(19,20)16-11-7-5-10(6-8-11)14(17)18/h2-4,10-11,16H,5-8H2,1H3,(H,17,18). The van der Waals surface area contributed by atoms with Crippen molar-refractivity contribution in [3.8, 4) is 0 Å². The maximum Gasteiger partial charge on any atom is 0.306 e. The molecule has 2 N–H and O–H groups in total. The summed E-state index contributed by atoms with van der Waals surface area (Å²) < 4.78 is 27.5. The monoisotopic (exact) mass is 331 g/mol. The highest BCUT2D eigenvalue weighted by molar-refractivity contribution is 7.89. The molecule has 1 fully saturated rings. The lowest BCUT2D eigenvalue weighted by Crippen LogP contribution is -2.38.